The lowest BCUT2D eigenvalue weighted by atomic mass is 10.1. The van der Waals surface area contributed by atoms with Crippen molar-refractivity contribution < 1.29 is 9.13 Å². The van der Waals surface area contributed by atoms with Gasteiger partial charge in [-0.15, -0.1) is 0 Å². The van der Waals surface area contributed by atoms with Crippen LogP contribution in [0.5, 0.6) is 5.75 Å². The Morgan fingerprint density at radius 3 is 2.76 bits per heavy atom. The zero-order chi connectivity index (χ0) is 14.8. The Morgan fingerprint density at radius 1 is 1.24 bits per heavy atom. The monoisotopic (exact) mass is 285 g/mol. The summed E-state index contributed by atoms with van der Waals surface area (Å²) in [5.41, 5.74) is 3.49. The maximum atomic E-state index is 13.2. The zero-order valence-electron chi connectivity index (χ0n) is 12.4. The topological polar surface area (TPSA) is 21.3 Å². The molecule has 0 fully saturated rings. The molecule has 3 rings (SSSR count). The molecular weight excluding hydrogens is 265 g/mol. The van der Waals surface area contributed by atoms with Gasteiger partial charge in [0.05, 0.1) is 0 Å². The second-order valence-corrected chi connectivity index (χ2v) is 5.74. The number of aryl methyl sites for hydroxylation is 1. The number of halogens is 1. The van der Waals surface area contributed by atoms with Crippen LogP contribution in [0.25, 0.3) is 0 Å². The molecule has 0 aromatic heterocycles. The van der Waals surface area contributed by atoms with Crippen LogP contribution in [0.2, 0.25) is 0 Å². The fourth-order valence-electron chi connectivity index (χ4n) is 2.68. The lowest BCUT2D eigenvalue weighted by molar-refractivity contribution is 0.222. The Kier molecular flexibility index (Phi) is 3.93. The van der Waals surface area contributed by atoms with Crippen LogP contribution in [-0.4, -0.2) is 12.6 Å². The van der Waals surface area contributed by atoms with Crippen LogP contribution in [-0.2, 0) is 6.42 Å². The van der Waals surface area contributed by atoms with E-state index in [1.165, 1.54) is 17.2 Å². The minimum absolute atomic E-state index is 0.0784. The highest BCUT2D eigenvalue weighted by Crippen LogP contribution is 2.29. The van der Waals surface area contributed by atoms with Crippen LogP contribution < -0.4 is 10.1 Å². The summed E-state index contributed by atoms with van der Waals surface area (Å²) < 4.78 is 19.0. The average molecular weight is 285 g/mol. The molecule has 1 aliphatic heterocycles. The maximum Gasteiger partial charge on any atom is 0.123 e. The molecule has 0 bridgehead atoms. The zero-order valence-corrected chi connectivity index (χ0v) is 12.4. The fourth-order valence-corrected chi connectivity index (χ4v) is 2.68. The summed E-state index contributed by atoms with van der Waals surface area (Å²) in [4.78, 5) is 0. The molecule has 0 aliphatic carbocycles. The third-order valence-corrected chi connectivity index (χ3v) is 3.99. The molecule has 110 valence electrons. The van der Waals surface area contributed by atoms with E-state index in [2.05, 4.69) is 43.4 Å². The van der Waals surface area contributed by atoms with Gasteiger partial charge >= 0.3 is 0 Å². The van der Waals surface area contributed by atoms with Gasteiger partial charge in [-0.1, -0.05) is 29.8 Å². The van der Waals surface area contributed by atoms with Crippen molar-refractivity contribution in [1.29, 1.82) is 0 Å². The molecule has 1 heterocycles. The van der Waals surface area contributed by atoms with Crippen molar-refractivity contribution in [2.24, 2.45) is 0 Å². The standard InChI is InChI=1S/C18H20FNO/c1-12-3-5-14(6-4-12)13(2)20-11-17-10-15-9-16(19)7-8-18(15)21-17/h3-9,13,17,20H,10-11H2,1-2H3. The molecule has 21 heavy (non-hydrogen) atoms. The number of hydrogen-bond acceptors (Lipinski definition) is 2. The Labute approximate surface area is 125 Å². The molecule has 0 radical (unpaired) electrons. The van der Waals surface area contributed by atoms with Crippen LogP contribution in [0.3, 0.4) is 0 Å². The van der Waals surface area contributed by atoms with E-state index in [9.17, 15) is 4.39 Å². The first-order chi connectivity index (χ1) is 10.1. The first-order valence-corrected chi connectivity index (χ1v) is 7.37. The number of benzene rings is 2. The normalized spacial score (nSPS) is 18.1. The lowest BCUT2D eigenvalue weighted by Gasteiger charge is -2.18. The van der Waals surface area contributed by atoms with Gasteiger partial charge in [0.1, 0.15) is 17.7 Å². The number of ether oxygens (including phenoxy) is 1. The molecule has 0 amide bonds. The summed E-state index contributed by atoms with van der Waals surface area (Å²) in [7, 11) is 0. The molecular formula is C18H20FNO. The van der Waals surface area contributed by atoms with Crippen molar-refractivity contribution in [1.82, 2.24) is 5.32 Å². The molecule has 1 N–H and O–H groups in total. The van der Waals surface area contributed by atoms with Crippen molar-refractivity contribution >= 4 is 0 Å². The molecule has 3 heteroatoms. The quantitative estimate of drug-likeness (QED) is 0.923. The highest BCUT2D eigenvalue weighted by atomic mass is 19.1. The minimum atomic E-state index is -0.195. The third-order valence-electron chi connectivity index (χ3n) is 3.99. The van der Waals surface area contributed by atoms with Crippen LogP contribution >= 0.6 is 0 Å². The first-order valence-electron chi connectivity index (χ1n) is 7.37. The van der Waals surface area contributed by atoms with Crippen LogP contribution in [0.1, 0.15) is 29.7 Å². The summed E-state index contributed by atoms with van der Waals surface area (Å²) in [6.45, 7) is 4.99. The largest absolute Gasteiger partial charge is 0.488 e. The van der Waals surface area contributed by atoms with Gasteiger partial charge in [0.2, 0.25) is 0 Å². The average Bonchev–Trinajstić information content (AvgIpc) is 2.87. The first kappa shape index (κ1) is 14.1. The van der Waals surface area contributed by atoms with E-state index >= 15 is 0 Å². The molecule has 2 atom stereocenters. The Balaban J connectivity index is 1.56. The van der Waals surface area contributed by atoms with E-state index < -0.39 is 0 Å². The Bertz CT molecular complexity index is 624. The summed E-state index contributed by atoms with van der Waals surface area (Å²) in [6.07, 6.45) is 0.843. The molecule has 2 nitrogen and oxygen atoms in total. The van der Waals surface area contributed by atoms with E-state index in [1.807, 2.05) is 0 Å². The summed E-state index contributed by atoms with van der Waals surface area (Å²) in [5.74, 6) is 0.616. The van der Waals surface area contributed by atoms with Gasteiger partial charge in [0.25, 0.3) is 0 Å². The predicted octanol–water partition coefficient (Wildman–Crippen LogP) is 3.79. The van der Waals surface area contributed by atoms with Crippen molar-refractivity contribution in [2.75, 3.05) is 6.54 Å². The molecule has 2 unspecified atom stereocenters. The van der Waals surface area contributed by atoms with E-state index in [1.54, 1.807) is 12.1 Å². The Hall–Kier alpha value is -1.87. The molecule has 2 aromatic rings. The molecule has 1 aliphatic rings. The summed E-state index contributed by atoms with van der Waals surface area (Å²) >= 11 is 0. The van der Waals surface area contributed by atoms with E-state index in [0.717, 1.165) is 24.3 Å². The second kappa shape index (κ2) is 5.86. The van der Waals surface area contributed by atoms with Gasteiger partial charge in [-0.2, -0.15) is 0 Å². The highest BCUT2D eigenvalue weighted by molar-refractivity contribution is 5.38. The fraction of sp³-hybridized carbons (Fsp3) is 0.333. The molecule has 2 aromatic carbocycles. The number of hydrogen-bond donors (Lipinski definition) is 1. The lowest BCUT2D eigenvalue weighted by Crippen LogP contribution is -2.31. The van der Waals surface area contributed by atoms with Gasteiger partial charge < -0.3 is 10.1 Å². The number of rotatable bonds is 4. The van der Waals surface area contributed by atoms with Crippen LogP contribution in [0.15, 0.2) is 42.5 Å². The van der Waals surface area contributed by atoms with Gasteiger partial charge in [0, 0.05) is 24.6 Å². The maximum absolute atomic E-state index is 13.2. The van der Waals surface area contributed by atoms with Crippen molar-refractivity contribution in [2.45, 2.75) is 32.4 Å². The second-order valence-electron chi connectivity index (χ2n) is 5.74. The minimum Gasteiger partial charge on any atom is -0.488 e. The molecule has 0 saturated carbocycles. The summed E-state index contributed by atoms with van der Waals surface area (Å²) in [5, 5.41) is 3.49. The van der Waals surface area contributed by atoms with Crippen molar-refractivity contribution in [3.63, 3.8) is 0 Å². The predicted molar refractivity (Wildman–Crippen MR) is 82.1 cm³/mol. The van der Waals surface area contributed by atoms with Gasteiger partial charge in [-0.25, -0.2) is 4.39 Å². The SMILES string of the molecule is Cc1ccc(C(C)NCC2Cc3cc(F)ccc3O2)cc1. The van der Waals surface area contributed by atoms with Crippen LogP contribution in [0, 0.1) is 12.7 Å². The van der Waals surface area contributed by atoms with Crippen LogP contribution in [0.4, 0.5) is 4.39 Å². The summed E-state index contributed by atoms with van der Waals surface area (Å²) in [6, 6.07) is 13.5. The van der Waals surface area contributed by atoms with E-state index in [-0.39, 0.29) is 18.0 Å². The van der Waals surface area contributed by atoms with Crippen molar-refractivity contribution in [3.05, 3.63) is 65.0 Å². The van der Waals surface area contributed by atoms with Crippen molar-refractivity contribution in [3.8, 4) is 5.75 Å². The van der Waals surface area contributed by atoms with Gasteiger partial charge in [-0.05, 0) is 37.6 Å². The van der Waals surface area contributed by atoms with E-state index in [0.29, 0.717) is 0 Å². The van der Waals surface area contributed by atoms with E-state index in [4.69, 9.17) is 4.74 Å². The third kappa shape index (κ3) is 3.24. The van der Waals surface area contributed by atoms with Gasteiger partial charge in [0.15, 0.2) is 0 Å². The highest BCUT2D eigenvalue weighted by Gasteiger charge is 2.23. The number of nitrogens with one attached hydrogen (secondary N) is 1. The number of fused-ring (bicyclic) bond motifs is 1. The van der Waals surface area contributed by atoms with Gasteiger partial charge in [-0.3, -0.25) is 0 Å². The molecule has 0 saturated heterocycles. The molecule has 0 spiro atoms. The Morgan fingerprint density at radius 2 is 2.00 bits per heavy atom. The smallest absolute Gasteiger partial charge is 0.123 e.